The summed E-state index contributed by atoms with van der Waals surface area (Å²) in [4.78, 5) is 13.7. The van der Waals surface area contributed by atoms with Crippen molar-refractivity contribution in [2.24, 2.45) is 0 Å². The van der Waals surface area contributed by atoms with Crippen molar-refractivity contribution in [3.8, 4) is 40.1 Å². The highest BCUT2D eigenvalue weighted by Crippen LogP contribution is 2.39. The normalized spacial score (nSPS) is 32.0. The number of benzene rings is 2. The van der Waals surface area contributed by atoms with E-state index in [0.717, 1.165) is 18.2 Å². The number of hydrogen-bond donors (Lipinski definition) is 10. The Balaban J connectivity index is 1.48. The van der Waals surface area contributed by atoms with Gasteiger partial charge in [-0.25, -0.2) is 0 Å². The largest absolute Gasteiger partial charge is 0.507 e. The van der Waals surface area contributed by atoms with E-state index in [0.29, 0.717) is 0 Å². The monoisotopic (exact) mass is 640 g/mol. The number of methoxy groups -OCH3 is 1. The van der Waals surface area contributed by atoms with Gasteiger partial charge in [0.15, 0.2) is 23.5 Å². The Labute approximate surface area is 252 Å². The Morgan fingerprint density at radius 1 is 0.756 bits per heavy atom. The minimum Gasteiger partial charge on any atom is -0.507 e. The molecule has 17 heteroatoms. The second kappa shape index (κ2) is 12.9. The number of ether oxygens (including phenoxy) is 5. The summed E-state index contributed by atoms with van der Waals surface area (Å²) in [6.07, 6.45) is -17.3. The molecule has 3 aromatic rings. The zero-order valence-electron chi connectivity index (χ0n) is 23.4. The number of fused-ring (bicyclic) bond motifs is 1. The minimum atomic E-state index is -1.98. The van der Waals surface area contributed by atoms with Gasteiger partial charge in [0.1, 0.15) is 71.3 Å². The predicted molar refractivity (Wildman–Crippen MR) is 146 cm³/mol. The number of phenols is 3. The molecule has 1 aromatic heterocycles. The summed E-state index contributed by atoms with van der Waals surface area (Å²) >= 11 is 0. The molecule has 5 rings (SSSR count). The van der Waals surface area contributed by atoms with Crippen molar-refractivity contribution in [2.45, 2.75) is 61.4 Å². The van der Waals surface area contributed by atoms with Crippen LogP contribution in [0.3, 0.4) is 0 Å². The van der Waals surface area contributed by atoms with Gasteiger partial charge in [-0.1, -0.05) is 0 Å². The fourth-order valence-electron chi connectivity index (χ4n) is 5.00. The number of phenolic OH excluding ortho intramolecular Hbond substituents is 3. The molecule has 17 nitrogen and oxygen atoms in total. The Kier molecular flexibility index (Phi) is 9.38. The van der Waals surface area contributed by atoms with E-state index < -0.39 is 103 Å². The number of rotatable bonds is 8. The maximum atomic E-state index is 13.7. The molecule has 2 fully saturated rings. The van der Waals surface area contributed by atoms with Crippen LogP contribution in [0, 0.1) is 0 Å². The van der Waals surface area contributed by atoms with Crippen LogP contribution in [0.4, 0.5) is 0 Å². The van der Waals surface area contributed by atoms with E-state index in [9.17, 15) is 55.9 Å². The molecule has 0 aliphatic carbocycles. The molecule has 246 valence electrons. The SMILES string of the molecule is COc1cc(O)c2c(=O)c(O[C@@H]3OC(CO[C@@H]4OC(CO)[C@H](O)[C@H](O)C4O)[C@H](O)C(O)C3O)c(-c3ccc(O)c(O)c3)oc2c1. The molecule has 10 atom stereocenters. The first-order valence-electron chi connectivity index (χ1n) is 13.5. The number of aliphatic hydroxyl groups excluding tert-OH is 7. The van der Waals surface area contributed by atoms with Crippen molar-refractivity contribution in [1.29, 1.82) is 0 Å². The van der Waals surface area contributed by atoms with Crippen LogP contribution in [-0.2, 0) is 14.2 Å². The molecule has 5 unspecified atom stereocenters. The van der Waals surface area contributed by atoms with Crippen LogP contribution in [0.25, 0.3) is 22.3 Å². The predicted octanol–water partition coefficient (Wildman–Crippen LogP) is -2.41. The maximum Gasteiger partial charge on any atom is 0.239 e. The molecule has 3 heterocycles. The number of hydrogen-bond acceptors (Lipinski definition) is 17. The van der Waals surface area contributed by atoms with Gasteiger partial charge >= 0.3 is 0 Å². The highest BCUT2D eigenvalue weighted by atomic mass is 16.7. The molecule has 45 heavy (non-hydrogen) atoms. The minimum absolute atomic E-state index is 0.00464. The van der Waals surface area contributed by atoms with Crippen LogP contribution < -0.4 is 14.9 Å². The lowest BCUT2D eigenvalue weighted by Crippen LogP contribution is -2.62. The van der Waals surface area contributed by atoms with Gasteiger partial charge in [-0.15, -0.1) is 0 Å². The Bertz CT molecular complexity index is 1570. The summed E-state index contributed by atoms with van der Waals surface area (Å²) in [5.74, 6) is -2.55. The van der Waals surface area contributed by atoms with Gasteiger partial charge in [-0.3, -0.25) is 4.79 Å². The molecule has 0 saturated carbocycles. The molecular formula is C28H32O17. The summed E-state index contributed by atoms with van der Waals surface area (Å²) in [7, 11) is 1.31. The van der Waals surface area contributed by atoms with Crippen molar-refractivity contribution in [3.63, 3.8) is 0 Å². The third kappa shape index (κ3) is 6.10. The second-order valence-corrected chi connectivity index (χ2v) is 10.5. The summed E-state index contributed by atoms with van der Waals surface area (Å²) in [5.41, 5.74) is -1.15. The molecular weight excluding hydrogens is 608 g/mol. The van der Waals surface area contributed by atoms with E-state index in [1.807, 2.05) is 0 Å². The van der Waals surface area contributed by atoms with E-state index in [2.05, 4.69) is 0 Å². The molecule has 0 radical (unpaired) electrons. The quantitative estimate of drug-likeness (QED) is 0.115. The first-order chi connectivity index (χ1) is 21.4. The van der Waals surface area contributed by atoms with Gasteiger partial charge in [0.25, 0.3) is 0 Å². The lowest BCUT2D eigenvalue weighted by atomic mass is 9.98. The third-order valence-electron chi connectivity index (χ3n) is 7.56. The molecule has 2 aliphatic heterocycles. The van der Waals surface area contributed by atoms with Gasteiger partial charge in [0, 0.05) is 17.7 Å². The highest BCUT2D eigenvalue weighted by molar-refractivity contribution is 5.88. The van der Waals surface area contributed by atoms with E-state index in [-0.39, 0.29) is 28.0 Å². The topological polar surface area (TPSA) is 279 Å². The van der Waals surface area contributed by atoms with Crippen LogP contribution in [0.15, 0.2) is 39.5 Å². The van der Waals surface area contributed by atoms with Crippen molar-refractivity contribution >= 4 is 11.0 Å². The van der Waals surface area contributed by atoms with Gasteiger partial charge in [0.05, 0.1) is 20.3 Å². The van der Waals surface area contributed by atoms with Gasteiger partial charge in [-0.2, -0.15) is 0 Å². The Morgan fingerprint density at radius 3 is 2.04 bits per heavy atom. The molecule has 10 N–H and O–H groups in total. The van der Waals surface area contributed by atoms with Crippen LogP contribution in [0.1, 0.15) is 0 Å². The Hall–Kier alpha value is -3.75. The summed E-state index contributed by atoms with van der Waals surface area (Å²) in [6.45, 7) is -1.40. The van der Waals surface area contributed by atoms with Crippen LogP contribution in [0.5, 0.6) is 28.7 Å². The van der Waals surface area contributed by atoms with Gasteiger partial charge in [-0.05, 0) is 18.2 Å². The van der Waals surface area contributed by atoms with E-state index in [1.54, 1.807) is 0 Å². The van der Waals surface area contributed by atoms with E-state index >= 15 is 0 Å². The number of aliphatic hydroxyl groups is 7. The molecule has 2 aromatic carbocycles. The molecule has 2 saturated heterocycles. The van der Waals surface area contributed by atoms with Crippen LogP contribution >= 0.6 is 0 Å². The fraction of sp³-hybridized carbons (Fsp3) is 0.464. The molecule has 2 aliphatic rings. The summed E-state index contributed by atoms with van der Waals surface area (Å²) < 4.78 is 33.0. The maximum absolute atomic E-state index is 13.7. The van der Waals surface area contributed by atoms with Crippen molar-refractivity contribution in [1.82, 2.24) is 0 Å². The van der Waals surface area contributed by atoms with Crippen molar-refractivity contribution < 1.29 is 79.2 Å². The smallest absolute Gasteiger partial charge is 0.239 e. The van der Waals surface area contributed by atoms with E-state index in [4.69, 9.17) is 28.1 Å². The lowest BCUT2D eigenvalue weighted by Gasteiger charge is -2.42. The molecule has 0 amide bonds. The Morgan fingerprint density at radius 2 is 1.40 bits per heavy atom. The fourth-order valence-corrected chi connectivity index (χ4v) is 5.00. The zero-order chi connectivity index (χ0) is 32.7. The summed E-state index contributed by atoms with van der Waals surface area (Å²) in [6, 6.07) is 5.83. The molecule has 0 spiro atoms. The molecule has 0 bridgehead atoms. The third-order valence-corrected chi connectivity index (χ3v) is 7.56. The average Bonchev–Trinajstić information content (AvgIpc) is 3.02. The number of aromatic hydroxyl groups is 3. The van der Waals surface area contributed by atoms with E-state index in [1.165, 1.54) is 19.2 Å². The standard InChI is InChI=1S/C28H32O17/c1-40-10-5-13(32)17-14(6-10)42-25(9-2-3-11(30)12(31)4-9)26(20(17)35)45-28-24(39)22(37)19(34)16(44-28)8-41-27-23(38)21(36)18(33)15(7-29)43-27/h2-6,15-16,18-19,21-24,27-34,36-39H,7-8H2,1H3/t15?,16?,18-,19-,21-,22?,23?,24?,27+,28-/m0/s1. The average molecular weight is 641 g/mol. The van der Waals surface area contributed by atoms with Crippen LogP contribution in [0.2, 0.25) is 0 Å². The first kappa shape index (κ1) is 32.6. The summed E-state index contributed by atoms with van der Waals surface area (Å²) in [5, 5.41) is 102. The van der Waals surface area contributed by atoms with Crippen LogP contribution in [-0.4, -0.2) is 133 Å². The lowest BCUT2D eigenvalue weighted by molar-refractivity contribution is -0.323. The first-order valence-corrected chi connectivity index (χ1v) is 13.5. The zero-order valence-corrected chi connectivity index (χ0v) is 23.4. The van der Waals surface area contributed by atoms with Crippen molar-refractivity contribution in [2.75, 3.05) is 20.3 Å². The van der Waals surface area contributed by atoms with Crippen molar-refractivity contribution in [3.05, 3.63) is 40.6 Å². The highest BCUT2D eigenvalue weighted by Gasteiger charge is 2.48. The van der Waals surface area contributed by atoms with Gasteiger partial charge in [0.2, 0.25) is 17.5 Å². The second-order valence-electron chi connectivity index (χ2n) is 10.5. The van der Waals surface area contributed by atoms with Gasteiger partial charge < -0.3 is 79.2 Å².